The number of hydrogen-bond acceptors (Lipinski definition) is 5. The third-order valence-electron chi connectivity index (χ3n) is 3.53. The zero-order valence-electron chi connectivity index (χ0n) is 13.9. The summed E-state index contributed by atoms with van der Waals surface area (Å²) in [4.78, 5) is 25.6. The van der Waals surface area contributed by atoms with Crippen molar-refractivity contribution in [3.8, 4) is 0 Å². The summed E-state index contributed by atoms with van der Waals surface area (Å²) in [6, 6.07) is 14.5. The average Bonchev–Trinajstić information content (AvgIpc) is 3.22. The first kappa shape index (κ1) is 18.5. The molecule has 5 nitrogen and oxygen atoms in total. The first-order valence-electron chi connectivity index (χ1n) is 7.68. The number of primary amides is 1. The van der Waals surface area contributed by atoms with E-state index in [1.165, 1.54) is 17.4 Å². The van der Waals surface area contributed by atoms with Crippen molar-refractivity contribution in [3.63, 3.8) is 0 Å². The molecule has 1 aromatic carbocycles. The van der Waals surface area contributed by atoms with Gasteiger partial charge in [-0.2, -0.15) is 0 Å². The van der Waals surface area contributed by atoms with Gasteiger partial charge in [-0.1, -0.05) is 30.3 Å². The number of hydrogen-bond donors (Lipinski definition) is 2. The first-order chi connectivity index (χ1) is 12.4. The van der Waals surface area contributed by atoms with Crippen LogP contribution in [0, 0.1) is 6.92 Å². The standard InChI is InChI=1S/C18H16N2O3S3/c1-11-7-8-14(24-11)17(22)20-18-13(16(19)21)9-15(25-18)26(23)10-12-5-3-2-4-6-12/h2-9H,10H2,1H3,(H2,19,21)(H,20,22). The highest BCUT2D eigenvalue weighted by molar-refractivity contribution is 7.86. The summed E-state index contributed by atoms with van der Waals surface area (Å²) >= 11 is 2.48. The van der Waals surface area contributed by atoms with Crippen LogP contribution in [0.25, 0.3) is 0 Å². The van der Waals surface area contributed by atoms with Crippen LogP contribution in [-0.4, -0.2) is 16.0 Å². The van der Waals surface area contributed by atoms with Gasteiger partial charge < -0.3 is 11.1 Å². The fourth-order valence-electron chi connectivity index (χ4n) is 2.27. The molecule has 3 rings (SSSR count). The minimum atomic E-state index is -1.33. The molecule has 0 aliphatic heterocycles. The number of nitrogens with two attached hydrogens (primary N) is 1. The van der Waals surface area contributed by atoms with Crippen LogP contribution in [0.2, 0.25) is 0 Å². The number of carbonyl (C=O) groups excluding carboxylic acids is 2. The van der Waals surface area contributed by atoms with E-state index < -0.39 is 16.7 Å². The summed E-state index contributed by atoms with van der Waals surface area (Å²) in [6.07, 6.45) is 0. The van der Waals surface area contributed by atoms with Crippen molar-refractivity contribution in [2.24, 2.45) is 5.73 Å². The Bertz CT molecular complexity index is 977. The Morgan fingerprint density at radius 1 is 1.12 bits per heavy atom. The summed E-state index contributed by atoms with van der Waals surface area (Å²) in [5.74, 6) is -0.647. The molecule has 2 amide bonds. The molecule has 0 aliphatic rings. The lowest BCUT2D eigenvalue weighted by atomic mass is 10.2. The highest BCUT2D eigenvalue weighted by Crippen LogP contribution is 2.32. The quantitative estimate of drug-likeness (QED) is 0.655. The third kappa shape index (κ3) is 4.27. The average molecular weight is 405 g/mol. The molecule has 2 heterocycles. The van der Waals surface area contributed by atoms with Crippen LogP contribution in [0.5, 0.6) is 0 Å². The maximum Gasteiger partial charge on any atom is 0.266 e. The maximum atomic E-state index is 12.6. The van der Waals surface area contributed by atoms with Gasteiger partial charge in [0.25, 0.3) is 11.8 Å². The molecule has 1 atom stereocenters. The molecule has 0 fully saturated rings. The zero-order chi connectivity index (χ0) is 18.7. The Morgan fingerprint density at radius 3 is 2.46 bits per heavy atom. The van der Waals surface area contributed by atoms with Gasteiger partial charge in [0.2, 0.25) is 0 Å². The Balaban J connectivity index is 1.83. The van der Waals surface area contributed by atoms with E-state index in [0.717, 1.165) is 21.8 Å². The van der Waals surface area contributed by atoms with Crippen LogP contribution in [-0.2, 0) is 16.6 Å². The molecule has 0 spiro atoms. The molecule has 3 N–H and O–H groups in total. The van der Waals surface area contributed by atoms with Gasteiger partial charge in [-0.3, -0.25) is 13.8 Å². The molecule has 8 heteroatoms. The molecule has 1 unspecified atom stereocenters. The number of anilines is 1. The van der Waals surface area contributed by atoms with E-state index in [1.54, 1.807) is 6.07 Å². The van der Waals surface area contributed by atoms with Crippen molar-refractivity contribution < 1.29 is 13.8 Å². The molecule has 0 bridgehead atoms. The second-order valence-electron chi connectivity index (χ2n) is 5.51. The predicted molar refractivity (Wildman–Crippen MR) is 106 cm³/mol. The molecule has 26 heavy (non-hydrogen) atoms. The number of benzene rings is 1. The molecular weight excluding hydrogens is 388 g/mol. The number of rotatable bonds is 6. The summed E-state index contributed by atoms with van der Waals surface area (Å²) in [5.41, 5.74) is 6.52. The monoisotopic (exact) mass is 404 g/mol. The van der Waals surface area contributed by atoms with Crippen molar-refractivity contribution in [1.82, 2.24) is 0 Å². The Kier molecular flexibility index (Phi) is 5.65. The molecule has 2 aromatic heterocycles. The van der Waals surface area contributed by atoms with Gasteiger partial charge >= 0.3 is 0 Å². The van der Waals surface area contributed by atoms with E-state index in [9.17, 15) is 13.8 Å². The fourth-order valence-corrected chi connectivity index (χ4v) is 5.51. The number of amides is 2. The largest absolute Gasteiger partial charge is 0.366 e. The normalized spacial score (nSPS) is 11.9. The van der Waals surface area contributed by atoms with Crippen molar-refractivity contribution in [2.75, 3.05) is 5.32 Å². The molecule has 0 aliphatic carbocycles. The summed E-state index contributed by atoms with van der Waals surface area (Å²) < 4.78 is 13.1. The second kappa shape index (κ2) is 7.94. The molecule has 0 saturated heterocycles. The van der Waals surface area contributed by atoms with E-state index in [1.807, 2.05) is 43.3 Å². The number of nitrogens with one attached hydrogen (secondary N) is 1. The molecule has 0 radical (unpaired) electrons. The zero-order valence-corrected chi connectivity index (χ0v) is 16.3. The smallest absolute Gasteiger partial charge is 0.266 e. The van der Waals surface area contributed by atoms with Crippen LogP contribution in [0.3, 0.4) is 0 Å². The molecule has 134 valence electrons. The van der Waals surface area contributed by atoms with Gasteiger partial charge in [-0.05, 0) is 30.7 Å². The summed E-state index contributed by atoms with van der Waals surface area (Å²) in [5, 5.41) is 3.04. The van der Waals surface area contributed by atoms with Crippen LogP contribution < -0.4 is 11.1 Å². The first-order valence-corrected chi connectivity index (χ1v) is 10.6. The SMILES string of the molecule is Cc1ccc(C(=O)Nc2sc(S(=O)Cc3ccccc3)cc2C(N)=O)s1. The van der Waals surface area contributed by atoms with E-state index in [0.29, 0.717) is 19.8 Å². The van der Waals surface area contributed by atoms with Gasteiger partial charge in [-0.25, -0.2) is 0 Å². The topological polar surface area (TPSA) is 89.3 Å². The molecule has 3 aromatic rings. The number of thiophene rings is 2. The lowest BCUT2D eigenvalue weighted by molar-refractivity contribution is 0.100. The van der Waals surface area contributed by atoms with Gasteiger partial charge in [0.1, 0.15) is 5.00 Å². The highest BCUT2D eigenvalue weighted by Gasteiger charge is 2.20. The highest BCUT2D eigenvalue weighted by atomic mass is 32.2. The van der Waals surface area contributed by atoms with Crippen molar-refractivity contribution >= 4 is 50.3 Å². The van der Waals surface area contributed by atoms with Gasteiger partial charge in [-0.15, -0.1) is 22.7 Å². The van der Waals surface area contributed by atoms with Gasteiger partial charge in [0, 0.05) is 4.88 Å². The van der Waals surface area contributed by atoms with Crippen LogP contribution in [0.4, 0.5) is 5.00 Å². The Morgan fingerprint density at radius 2 is 1.85 bits per heavy atom. The Hall–Kier alpha value is -2.29. The minimum absolute atomic E-state index is 0.174. The number of aryl methyl sites for hydroxylation is 1. The number of carbonyl (C=O) groups is 2. The molecule has 0 saturated carbocycles. The molecular formula is C18H16N2O3S3. The van der Waals surface area contributed by atoms with E-state index >= 15 is 0 Å². The van der Waals surface area contributed by atoms with Gasteiger partial charge in [0.15, 0.2) is 0 Å². The third-order valence-corrected chi connectivity index (χ3v) is 7.35. The lowest BCUT2D eigenvalue weighted by Crippen LogP contribution is -2.15. The minimum Gasteiger partial charge on any atom is -0.366 e. The van der Waals surface area contributed by atoms with Crippen LogP contribution >= 0.6 is 22.7 Å². The van der Waals surface area contributed by atoms with Crippen LogP contribution in [0.15, 0.2) is 52.7 Å². The Labute approximate surface area is 161 Å². The van der Waals surface area contributed by atoms with Crippen LogP contribution in [0.1, 0.15) is 30.5 Å². The van der Waals surface area contributed by atoms with E-state index in [-0.39, 0.29) is 11.5 Å². The van der Waals surface area contributed by atoms with E-state index in [4.69, 9.17) is 5.73 Å². The summed E-state index contributed by atoms with van der Waals surface area (Å²) in [6.45, 7) is 1.91. The van der Waals surface area contributed by atoms with Gasteiger partial charge in [0.05, 0.1) is 31.2 Å². The van der Waals surface area contributed by atoms with E-state index in [2.05, 4.69) is 5.32 Å². The second-order valence-corrected chi connectivity index (χ2v) is 9.53. The van der Waals surface area contributed by atoms with Crippen molar-refractivity contribution in [2.45, 2.75) is 16.9 Å². The lowest BCUT2D eigenvalue weighted by Gasteiger charge is -2.02. The van der Waals surface area contributed by atoms with Crippen molar-refractivity contribution in [1.29, 1.82) is 0 Å². The predicted octanol–water partition coefficient (Wildman–Crippen LogP) is 3.78. The fraction of sp³-hybridized carbons (Fsp3) is 0.111. The maximum absolute atomic E-state index is 12.6. The summed E-state index contributed by atoms with van der Waals surface area (Å²) in [7, 11) is -1.33. The van der Waals surface area contributed by atoms with Crippen molar-refractivity contribution in [3.05, 3.63) is 69.4 Å².